The van der Waals surface area contributed by atoms with E-state index in [0.717, 1.165) is 18.5 Å². The zero-order valence-corrected chi connectivity index (χ0v) is 13.6. The van der Waals surface area contributed by atoms with Crippen molar-refractivity contribution in [2.75, 3.05) is 37.7 Å². The molecule has 2 heterocycles. The van der Waals surface area contributed by atoms with Gasteiger partial charge in [0.05, 0.1) is 5.92 Å². The van der Waals surface area contributed by atoms with Gasteiger partial charge in [0.1, 0.15) is 13.2 Å². The van der Waals surface area contributed by atoms with Crippen molar-refractivity contribution < 1.29 is 19.1 Å². The summed E-state index contributed by atoms with van der Waals surface area (Å²) in [5.41, 5.74) is 6.17. The second-order valence-electron chi connectivity index (χ2n) is 6.02. The van der Waals surface area contributed by atoms with Crippen molar-refractivity contribution in [3.8, 4) is 11.5 Å². The van der Waals surface area contributed by atoms with E-state index in [1.54, 1.807) is 17.0 Å². The molecule has 1 saturated heterocycles. The first-order chi connectivity index (χ1) is 11.7. The van der Waals surface area contributed by atoms with Gasteiger partial charge in [-0.15, -0.1) is 0 Å². The van der Waals surface area contributed by atoms with Crippen LogP contribution in [0.15, 0.2) is 18.2 Å². The summed E-state index contributed by atoms with van der Waals surface area (Å²) in [5, 5.41) is 2.88. The van der Waals surface area contributed by atoms with Crippen LogP contribution in [-0.4, -0.2) is 44.7 Å². The van der Waals surface area contributed by atoms with Crippen LogP contribution in [0.2, 0.25) is 0 Å². The molecule has 1 fully saturated rings. The highest BCUT2D eigenvalue weighted by molar-refractivity contribution is 6.00. The molecular formula is C17H23N3O4. The van der Waals surface area contributed by atoms with Crippen LogP contribution in [0.3, 0.4) is 0 Å². The zero-order valence-electron chi connectivity index (χ0n) is 13.6. The highest BCUT2D eigenvalue weighted by atomic mass is 16.6. The number of rotatable bonds is 6. The van der Waals surface area contributed by atoms with Gasteiger partial charge in [-0.3, -0.25) is 9.59 Å². The smallest absolute Gasteiger partial charge is 0.227 e. The fourth-order valence-corrected chi connectivity index (χ4v) is 2.96. The summed E-state index contributed by atoms with van der Waals surface area (Å²) in [6.07, 6.45) is 1.97. The van der Waals surface area contributed by atoms with Crippen LogP contribution >= 0.6 is 0 Å². The molecule has 2 aliphatic rings. The summed E-state index contributed by atoms with van der Waals surface area (Å²) >= 11 is 0. The predicted octanol–water partition coefficient (Wildman–Crippen LogP) is 0.666. The van der Waals surface area contributed by atoms with E-state index < -0.39 is 0 Å². The number of carbonyl (C=O) groups excluding carboxylic acids is 2. The van der Waals surface area contributed by atoms with Crippen LogP contribution in [0.1, 0.15) is 19.3 Å². The summed E-state index contributed by atoms with van der Waals surface area (Å²) in [6.45, 7) is 2.64. The molecular weight excluding hydrogens is 310 g/mol. The molecule has 3 rings (SSSR count). The van der Waals surface area contributed by atoms with Crippen molar-refractivity contribution in [3.05, 3.63) is 18.2 Å². The molecule has 24 heavy (non-hydrogen) atoms. The maximum atomic E-state index is 12.3. The summed E-state index contributed by atoms with van der Waals surface area (Å²) < 4.78 is 11.0. The molecule has 130 valence electrons. The van der Waals surface area contributed by atoms with Crippen LogP contribution < -0.4 is 25.4 Å². The Bertz CT molecular complexity index is 620. The molecule has 1 aromatic carbocycles. The van der Waals surface area contributed by atoms with Gasteiger partial charge in [-0.05, 0) is 31.5 Å². The van der Waals surface area contributed by atoms with Gasteiger partial charge in [-0.25, -0.2) is 0 Å². The third-order valence-corrected chi connectivity index (χ3v) is 4.26. The number of carbonyl (C=O) groups is 2. The van der Waals surface area contributed by atoms with Crippen LogP contribution in [0.5, 0.6) is 11.5 Å². The van der Waals surface area contributed by atoms with E-state index in [1.165, 1.54) is 0 Å². The van der Waals surface area contributed by atoms with Crippen LogP contribution in [0, 0.1) is 5.92 Å². The lowest BCUT2D eigenvalue weighted by atomic mass is 10.1. The number of anilines is 1. The predicted molar refractivity (Wildman–Crippen MR) is 89.2 cm³/mol. The maximum absolute atomic E-state index is 12.3. The standard InChI is InChI=1S/C17H23N3O4/c18-5-1-2-6-19-17(22)12-9-16(21)20(11-12)13-3-4-14-15(10-13)24-8-7-23-14/h3-4,10,12H,1-2,5-9,11,18H2,(H,19,22). The SMILES string of the molecule is NCCCCNC(=O)C1CC(=O)N(c2ccc3c(c2)OCCO3)C1. The molecule has 0 aromatic heterocycles. The zero-order chi connectivity index (χ0) is 16.9. The molecule has 0 bridgehead atoms. The number of amides is 2. The van der Waals surface area contributed by atoms with E-state index >= 15 is 0 Å². The summed E-state index contributed by atoms with van der Waals surface area (Å²) in [4.78, 5) is 26.1. The van der Waals surface area contributed by atoms with Gasteiger partial charge < -0.3 is 25.4 Å². The molecule has 1 atom stereocenters. The first kappa shape index (κ1) is 16.6. The molecule has 1 aromatic rings. The Morgan fingerprint density at radius 1 is 1.25 bits per heavy atom. The van der Waals surface area contributed by atoms with Gasteiger partial charge in [0, 0.05) is 31.3 Å². The van der Waals surface area contributed by atoms with Gasteiger partial charge in [-0.1, -0.05) is 0 Å². The minimum Gasteiger partial charge on any atom is -0.486 e. The van der Waals surface area contributed by atoms with E-state index in [-0.39, 0.29) is 24.2 Å². The molecule has 0 saturated carbocycles. The Balaban J connectivity index is 1.61. The Labute approximate surface area is 141 Å². The normalized spacial score (nSPS) is 19.5. The van der Waals surface area contributed by atoms with Crippen molar-refractivity contribution >= 4 is 17.5 Å². The third-order valence-electron chi connectivity index (χ3n) is 4.26. The minimum absolute atomic E-state index is 0.0474. The number of ether oxygens (including phenoxy) is 2. The number of nitrogens with one attached hydrogen (secondary N) is 1. The maximum Gasteiger partial charge on any atom is 0.227 e. The molecule has 7 heteroatoms. The number of nitrogens with two attached hydrogens (primary N) is 1. The number of benzene rings is 1. The molecule has 3 N–H and O–H groups in total. The average Bonchev–Trinajstić information content (AvgIpc) is 3.00. The topological polar surface area (TPSA) is 93.9 Å². The molecule has 1 unspecified atom stereocenters. The lowest BCUT2D eigenvalue weighted by Gasteiger charge is -2.22. The lowest BCUT2D eigenvalue weighted by molar-refractivity contribution is -0.126. The quantitative estimate of drug-likeness (QED) is 0.746. The second kappa shape index (κ2) is 7.53. The van der Waals surface area contributed by atoms with Crippen molar-refractivity contribution in [2.45, 2.75) is 19.3 Å². The van der Waals surface area contributed by atoms with E-state index in [4.69, 9.17) is 15.2 Å². The summed E-state index contributed by atoms with van der Waals surface area (Å²) in [6, 6.07) is 5.43. The van der Waals surface area contributed by atoms with Gasteiger partial charge in [0.15, 0.2) is 11.5 Å². The molecule has 0 aliphatic carbocycles. The molecule has 7 nitrogen and oxygen atoms in total. The number of unbranched alkanes of at least 4 members (excludes halogenated alkanes) is 1. The Morgan fingerprint density at radius 3 is 2.83 bits per heavy atom. The highest BCUT2D eigenvalue weighted by Crippen LogP contribution is 2.35. The third kappa shape index (κ3) is 3.62. The monoisotopic (exact) mass is 333 g/mol. The molecule has 2 amide bonds. The van der Waals surface area contributed by atoms with Crippen molar-refractivity contribution in [1.82, 2.24) is 5.32 Å². The molecule has 2 aliphatic heterocycles. The number of hydrogen-bond donors (Lipinski definition) is 2. The van der Waals surface area contributed by atoms with E-state index in [9.17, 15) is 9.59 Å². The van der Waals surface area contributed by atoms with Gasteiger partial charge >= 0.3 is 0 Å². The minimum atomic E-state index is -0.316. The van der Waals surface area contributed by atoms with E-state index in [1.807, 2.05) is 6.07 Å². The average molecular weight is 333 g/mol. The fourth-order valence-electron chi connectivity index (χ4n) is 2.96. The Kier molecular flexibility index (Phi) is 5.20. The van der Waals surface area contributed by atoms with Crippen LogP contribution in [0.4, 0.5) is 5.69 Å². The first-order valence-electron chi connectivity index (χ1n) is 8.37. The van der Waals surface area contributed by atoms with Crippen LogP contribution in [-0.2, 0) is 9.59 Å². The summed E-state index contributed by atoms with van der Waals surface area (Å²) in [7, 11) is 0. The second-order valence-corrected chi connectivity index (χ2v) is 6.02. The van der Waals surface area contributed by atoms with Crippen molar-refractivity contribution in [1.29, 1.82) is 0 Å². The van der Waals surface area contributed by atoms with Crippen LogP contribution in [0.25, 0.3) is 0 Å². The van der Waals surface area contributed by atoms with E-state index in [2.05, 4.69) is 5.32 Å². The van der Waals surface area contributed by atoms with Gasteiger partial charge in [-0.2, -0.15) is 0 Å². The number of hydrogen-bond acceptors (Lipinski definition) is 5. The molecule has 0 spiro atoms. The highest BCUT2D eigenvalue weighted by Gasteiger charge is 2.35. The van der Waals surface area contributed by atoms with Crippen molar-refractivity contribution in [2.24, 2.45) is 11.7 Å². The van der Waals surface area contributed by atoms with Gasteiger partial charge in [0.2, 0.25) is 11.8 Å². The Morgan fingerprint density at radius 2 is 2.04 bits per heavy atom. The van der Waals surface area contributed by atoms with Crippen molar-refractivity contribution in [3.63, 3.8) is 0 Å². The summed E-state index contributed by atoms with van der Waals surface area (Å²) in [5.74, 6) is 0.893. The van der Waals surface area contributed by atoms with E-state index in [0.29, 0.717) is 44.3 Å². The molecule has 0 radical (unpaired) electrons. The Hall–Kier alpha value is -2.28. The first-order valence-corrected chi connectivity index (χ1v) is 8.37. The fraction of sp³-hybridized carbons (Fsp3) is 0.529. The van der Waals surface area contributed by atoms with Gasteiger partial charge in [0.25, 0.3) is 0 Å². The largest absolute Gasteiger partial charge is 0.486 e. The number of fused-ring (bicyclic) bond motifs is 1. The number of nitrogens with zero attached hydrogens (tertiary/aromatic N) is 1. The lowest BCUT2D eigenvalue weighted by Crippen LogP contribution is -2.33.